The minimum Gasteiger partial charge on any atom is -0.366 e. The van der Waals surface area contributed by atoms with Crippen molar-refractivity contribution in [1.82, 2.24) is 9.97 Å². The highest BCUT2D eigenvalue weighted by Crippen LogP contribution is 2.46. The SMILES string of the molecule is N#CC1(c2nc3ccccc3[nH]2)Cc2cc([N+](=O)[O-])ccc2N2CCCCCC21. The molecular weight excluding hydrogens is 366 g/mol. The number of fused-ring (bicyclic) bond motifs is 4. The Kier molecular flexibility index (Phi) is 4.02. The summed E-state index contributed by atoms with van der Waals surface area (Å²) in [5, 5.41) is 21.8. The molecule has 0 bridgehead atoms. The summed E-state index contributed by atoms with van der Waals surface area (Å²) in [7, 11) is 0. The van der Waals surface area contributed by atoms with Crippen LogP contribution >= 0.6 is 0 Å². The number of H-pyrrole nitrogens is 1. The van der Waals surface area contributed by atoms with E-state index in [9.17, 15) is 15.4 Å². The van der Waals surface area contributed by atoms with E-state index in [1.54, 1.807) is 12.1 Å². The lowest BCUT2D eigenvalue weighted by atomic mass is 9.70. The normalized spacial score (nSPS) is 23.7. The first-order valence-corrected chi connectivity index (χ1v) is 10.0. The van der Waals surface area contributed by atoms with Crippen LogP contribution in [0.5, 0.6) is 0 Å². The van der Waals surface area contributed by atoms with E-state index < -0.39 is 5.41 Å². The number of nitro benzene ring substituents is 1. The Hall–Kier alpha value is -3.40. The van der Waals surface area contributed by atoms with Crippen LogP contribution in [0.2, 0.25) is 0 Å². The number of nitriles is 1. The smallest absolute Gasteiger partial charge is 0.269 e. The van der Waals surface area contributed by atoms with Crippen LogP contribution in [0, 0.1) is 21.4 Å². The number of nitrogens with zero attached hydrogens (tertiary/aromatic N) is 4. The summed E-state index contributed by atoms with van der Waals surface area (Å²) in [4.78, 5) is 21.5. The summed E-state index contributed by atoms with van der Waals surface area (Å²) in [6.45, 7) is 0.846. The Labute approximate surface area is 168 Å². The van der Waals surface area contributed by atoms with Crippen molar-refractivity contribution in [2.75, 3.05) is 11.4 Å². The molecule has 2 atom stereocenters. The zero-order valence-electron chi connectivity index (χ0n) is 16.0. The second kappa shape index (κ2) is 6.59. The fourth-order valence-electron chi connectivity index (χ4n) is 5.01. The topological polar surface area (TPSA) is 98.8 Å². The van der Waals surface area contributed by atoms with Crippen molar-refractivity contribution in [1.29, 1.82) is 5.26 Å². The number of hydrogen-bond donors (Lipinski definition) is 1. The highest BCUT2D eigenvalue weighted by molar-refractivity contribution is 5.75. The molecule has 0 saturated carbocycles. The molecule has 3 aromatic rings. The summed E-state index contributed by atoms with van der Waals surface area (Å²) < 4.78 is 0. The van der Waals surface area contributed by atoms with Crippen molar-refractivity contribution in [3.05, 3.63) is 64.0 Å². The Balaban J connectivity index is 1.72. The largest absolute Gasteiger partial charge is 0.366 e. The molecule has 5 rings (SSSR count). The van der Waals surface area contributed by atoms with E-state index in [4.69, 9.17) is 4.98 Å². The van der Waals surface area contributed by atoms with Gasteiger partial charge < -0.3 is 9.88 Å². The number of nitro groups is 1. The molecule has 2 aliphatic heterocycles. The van der Waals surface area contributed by atoms with E-state index >= 15 is 0 Å². The number of rotatable bonds is 2. The van der Waals surface area contributed by atoms with Gasteiger partial charge in [0, 0.05) is 30.8 Å². The van der Waals surface area contributed by atoms with E-state index in [-0.39, 0.29) is 16.7 Å². The molecule has 0 radical (unpaired) electrons. The molecular formula is C22H21N5O2. The third kappa shape index (κ3) is 2.67. The Morgan fingerprint density at radius 2 is 2.10 bits per heavy atom. The quantitative estimate of drug-likeness (QED) is 0.524. The number of anilines is 1. The van der Waals surface area contributed by atoms with Gasteiger partial charge in [-0.1, -0.05) is 25.0 Å². The van der Waals surface area contributed by atoms with E-state index in [1.165, 1.54) is 0 Å². The van der Waals surface area contributed by atoms with Gasteiger partial charge in [0.15, 0.2) is 0 Å². The standard InChI is InChI=1S/C22H21N5O2/c23-14-22(21-24-17-6-3-4-7-18(17)25-21)13-15-12-16(27(28)29)9-10-19(15)26-11-5-1-2-8-20(22)26/h3-4,6-7,9-10,12,20H,1-2,5,8,11,13H2,(H,24,25). The third-order valence-corrected chi connectivity index (χ3v) is 6.39. The Bertz CT molecular complexity index is 1110. The number of para-hydroxylation sites is 2. The number of nitrogens with one attached hydrogen (secondary N) is 1. The lowest BCUT2D eigenvalue weighted by Crippen LogP contribution is -2.55. The molecule has 7 nitrogen and oxygen atoms in total. The molecule has 3 heterocycles. The number of aromatic nitrogens is 2. The molecule has 146 valence electrons. The molecule has 29 heavy (non-hydrogen) atoms. The zero-order chi connectivity index (χ0) is 20.0. The van der Waals surface area contributed by atoms with Crippen LogP contribution in [0.15, 0.2) is 42.5 Å². The number of benzene rings is 2. The van der Waals surface area contributed by atoms with E-state index in [0.717, 1.165) is 54.5 Å². The second-order valence-corrected chi connectivity index (χ2v) is 7.99. The lowest BCUT2D eigenvalue weighted by molar-refractivity contribution is -0.384. The van der Waals surface area contributed by atoms with Gasteiger partial charge in [0.25, 0.3) is 5.69 Å². The molecule has 0 amide bonds. The minimum atomic E-state index is -0.869. The first kappa shape index (κ1) is 17.7. The van der Waals surface area contributed by atoms with Crippen LogP contribution in [0.1, 0.15) is 37.1 Å². The fraction of sp³-hybridized carbons (Fsp3) is 0.364. The van der Waals surface area contributed by atoms with Crippen LogP contribution in [-0.2, 0) is 11.8 Å². The molecule has 2 unspecified atom stereocenters. The van der Waals surface area contributed by atoms with E-state index in [2.05, 4.69) is 16.0 Å². The van der Waals surface area contributed by atoms with Crippen molar-refractivity contribution in [3.8, 4) is 6.07 Å². The van der Waals surface area contributed by atoms with Gasteiger partial charge in [-0.05, 0) is 36.6 Å². The molecule has 1 fully saturated rings. The zero-order valence-corrected chi connectivity index (χ0v) is 16.0. The number of hydrogen-bond acceptors (Lipinski definition) is 5. The molecule has 1 saturated heterocycles. The van der Waals surface area contributed by atoms with Crippen molar-refractivity contribution in [3.63, 3.8) is 0 Å². The predicted molar refractivity (Wildman–Crippen MR) is 110 cm³/mol. The van der Waals surface area contributed by atoms with Gasteiger partial charge in [-0.3, -0.25) is 10.1 Å². The highest BCUT2D eigenvalue weighted by atomic mass is 16.6. The maximum absolute atomic E-state index is 11.4. The fourth-order valence-corrected chi connectivity index (χ4v) is 5.01. The maximum Gasteiger partial charge on any atom is 0.269 e. The summed E-state index contributed by atoms with van der Waals surface area (Å²) in [6, 6.07) is 15.4. The molecule has 2 aromatic carbocycles. The van der Waals surface area contributed by atoms with Gasteiger partial charge >= 0.3 is 0 Å². The Morgan fingerprint density at radius 3 is 2.90 bits per heavy atom. The van der Waals surface area contributed by atoms with Crippen LogP contribution in [0.25, 0.3) is 11.0 Å². The molecule has 1 N–H and O–H groups in total. The summed E-state index contributed by atoms with van der Waals surface area (Å²) in [5.74, 6) is 0.662. The average Bonchev–Trinajstić information content (AvgIpc) is 3.02. The van der Waals surface area contributed by atoms with Crippen LogP contribution in [-0.4, -0.2) is 27.5 Å². The van der Waals surface area contributed by atoms with E-state index in [0.29, 0.717) is 12.2 Å². The van der Waals surface area contributed by atoms with Gasteiger partial charge in [-0.2, -0.15) is 5.26 Å². The average molecular weight is 387 g/mol. The number of imidazole rings is 1. The molecule has 1 aromatic heterocycles. The predicted octanol–water partition coefficient (Wildman–Crippen LogP) is 4.24. The van der Waals surface area contributed by atoms with Gasteiger partial charge in [-0.25, -0.2) is 4.98 Å². The van der Waals surface area contributed by atoms with Crippen molar-refractivity contribution < 1.29 is 4.92 Å². The summed E-state index contributed by atoms with van der Waals surface area (Å²) >= 11 is 0. The van der Waals surface area contributed by atoms with E-state index in [1.807, 2.05) is 30.3 Å². The van der Waals surface area contributed by atoms with Crippen LogP contribution in [0.3, 0.4) is 0 Å². The van der Waals surface area contributed by atoms with Crippen molar-refractivity contribution in [2.24, 2.45) is 0 Å². The van der Waals surface area contributed by atoms with Gasteiger partial charge in [0.05, 0.1) is 28.1 Å². The monoisotopic (exact) mass is 387 g/mol. The lowest BCUT2D eigenvalue weighted by Gasteiger charge is -2.46. The van der Waals surface area contributed by atoms with Crippen molar-refractivity contribution in [2.45, 2.75) is 43.6 Å². The molecule has 7 heteroatoms. The molecule has 0 aliphatic carbocycles. The summed E-state index contributed by atoms with van der Waals surface area (Å²) in [5.41, 5.74) is 2.80. The van der Waals surface area contributed by atoms with Gasteiger partial charge in [0.2, 0.25) is 0 Å². The number of aromatic amines is 1. The maximum atomic E-state index is 11.4. The van der Waals surface area contributed by atoms with Crippen molar-refractivity contribution >= 4 is 22.4 Å². The van der Waals surface area contributed by atoms with Gasteiger partial charge in [0.1, 0.15) is 11.2 Å². The number of non-ortho nitro benzene ring substituents is 1. The third-order valence-electron chi connectivity index (χ3n) is 6.39. The van der Waals surface area contributed by atoms with Crippen LogP contribution in [0.4, 0.5) is 11.4 Å². The first-order chi connectivity index (χ1) is 14.1. The highest BCUT2D eigenvalue weighted by Gasteiger charge is 2.50. The Morgan fingerprint density at radius 1 is 1.24 bits per heavy atom. The van der Waals surface area contributed by atoms with Gasteiger partial charge in [-0.15, -0.1) is 0 Å². The summed E-state index contributed by atoms with van der Waals surface area (Å²) in [6.07, 6.45) is 4.56. The first-order valence-electron chi connectivity index (χ1n) is 10.0. The second-order valence-electron chi connectivity index (χ2n) is 7.99. The molecule has 2 aliphatic rings. The minimum absolute atomic E-state index is 0.00971. The molecule has 0 spiro atoms. The van der Waals surface area contributed by atoms with Crippen LogP contribution < -0.4 is 4.90 Å².